The molecule has 1 unspecified atom stereocenters. The van der Waals surface area contributed by atoms with Gasteiger partial charge in [-0.3, -0.25) is 4.79 Å². The van der Waals surface area contributed by atoms with Crippen molar-refractivity contribution in [2.75, 3.05) is 11.4 Å². The number of allylic oxidation sites excluding steroid dienone is 1. The number of halogens is 1. The Labute approximate surface area is 151 Å². The molecular weight excluding hydrogens is 334 g/mol. The van der Waals surface area contributed by atoms with Crippen LogP contribution in [0.4, 0.5) is 5.69 Å². The van der Waals surface area contributed by atoms with Crippen LogP contribution in [0.5, 0.6) is 0 Å². The number of imidazole rings is 1. The number of rotatable bonds is 4. The van der Waals surface area contributed by atoms with E-state index in [2.05, 4.69) is 17.2 Å². The predicted octanol–water partition coefficient (Wildman–Crippen LogP) is 4.40. The van der Waals surface area contributed by atoms with Gasteiger partial charge < -0.3 is 9.47 Å². The molecule has 1 aliphatic rings. The Kier molecular flexibility index (Phi) is 4.06. The lowest BCUT2D eigenvalue weighted by atomic mass is 10.1. The highest BCUT2D eigenvalue weighted by atomic mass is 35.5. The molecule has 1 aromatic heterocycles. The quantitative estimate of drug-likeness (QED) is 0.653. The Morgan fingerprint density at radius 3 is 2.76 bits per heavy atom. The molecule has 0 spiro atoms. The maximum absolute atomic E-state index is 12.6. The first-order valence-corrected chi connectivity index (χ1v) is 8.68. The third kappa shape index (κ3) is 2.72. The van der Waals surface area contributed by atoms with Crippen LogP contribution in [0.25, 0.3) is 11.0 Å². The van der Waals surface area contributed by atoms with Crippen molar-refractivity contribution < 1.29 is 4.79 Å². The first-order chi connectivity index (χ1) is 12.2. The molecule has 1 amide bonds. The number of hydrogen-bond donors (Lipinski definition) is 0. The van der Waals surface area contributed by atoms with E-state index in [9.17, 15) is 4.79 Å². The molecule has 0 radical (unpaired) electrons. The van der Waals surface area contributed by atoms with Gasteiger partial charge in [0.25, 0.3) is 0 Å². The summed E-state index contributed by atoms with van der Waals surface area (Å²) in [6, 6.07) is 15.5. The van der Waals surface area contributed by atoms with Gasteiger partial charge in [-0.2, -0.15) is 0 Å². The average molecular weight is 352 g/mol. The Morgan fingerprint density at radius 1 is 1.20 bits per heavy atom. The molecule has 1 atom stereocenters. The van der Waals surface area contributed by atoms with Crippen molar-refractivity contribution in [1.82, 2.24) is 9.55 Å². The van der Waals surface area contributed by atoms with Gasteiger partial charge in [0.15, 0.2) is 0 Å². The van der Waals surface area contributed by atoms with E-state index in [1.54, 1.807) is 4.90 Å². The minimum absolute atomic E-state index is 0.0381. The summed E-state index contributed by atoms with van der Waals surface area (Å²) in [6.07, 6.45) is 2.30. The van der Waals surface area contributed by atoms with Crippen molar-refractivity contribution in [3.8, 4) is 0 Å². The lowest BCUT2D eigenvalue weighted by molar-refractivity contribution is -0.117. The largest absolute Gasteiger partial charge is 0.324 e. The van der Waals surface area contributed by atoms with Crippen LogP contribution in [0.2, 0.25) is 5.02 Å². The summed E-state index contributed by atoms with van der Waals surface area (Å²) in [4.78, 5) is 19.2. The lowest BCUT2D eigenvalue weighted by Crippen LogP contribution is -2.24. The van der Waals surface area contributed by atoms with E-state index < -0.39 is 0 Å². The van der Waals surface area contributed by atoms with Gasteiger partial charge >= 0.3 is 0 Å². The van der Waals surface area contributed by atoms with Crippen LogP contribution < -0.4 is 4.90 Å². The topological polar surface area (TPSA) is 38.1 Å². The molecule has 3 aromatic rings. The summed E-state index contributed by atoms with van der Waals surface area (Å²) in [5, 5.41) is 0.594. The van der Waals surface area contributed by atoms with E-state index in [1.807, 2.05) is 48.5 Å². The second-order valence-electron chi connectivity index (χ2n) is 6.21. The Balaban J connectivity index is 1.73. The van der Waals surface area contributed by atoms with E-state index in [0.29, 0.717) is 24.5 Å². The number of para-hydroxylation sites is 3. The van der Waals surface area contributed by atoms with Gasteiger partial charge in [-0.1, -0.05) is 41.9 Å². The molecule has 2 aromatic carbocycles. The highest BCUT2D eigenvalue weighted by Gasteiger charge is 2.35. The smallest absolute Gasteiger partial charge is 0.227 e. The van der Waals surface area contributed by atoms with Crippen LogP contribution in [0.3, 0.4) is 0 Å². The van der Waals surface area contributed by atoms with Crippen molar-refractivity contribution >= 4 is 34.2 Å². The zero-order valence-electron chi connectivity index (χ0n) is 13.7. The summed E-state index contributed by atoms with van der Waals surface area (Å²) in [7, 11) is 0. The van der Waals surface area contributed by atoms with Crippen molar-refractivity contribution in [3.05, 3.63) is 72.0 Å². The highest BCUT2D eigenvalue weighted by Crippen LogP contribution is 2.35. The molecule has 126 valence electrons. The molecule has 4 nitrogen and oxygen atoms in total. The average Bonchev–Trinajstić information content (AvgIpc) is 3.17. The molecule has 2 heterocycles. The molecule has 4 rings (SSSR count). The number of aromatic nitrogens is 2. The molecule has 0 bridgehead atoms. The molecule has 1 fully saturated rings. The normalized spacial score (nSPS) is 17.4. The predicted molar refractivity (Wildman–Crippen MR) is 101 cm³/mol. The van der Waals surface area contributed by atoms with Crippen LogP contribution in [0.15, 0.2) is 61.2 Å². The second kappa shape index (κ2) is 6.37. The molecule has 1 aliphatic heterocycles. The van der Waals surface area contributed by atoms with Gasteiger partial charge in [-0.25, -0.2) is 4.98 Å². The number of hydrogen-bond acceptors (Lipinski definition) is 2. The van der Waals surface area contributed by atoms with E-state index in [1.165, 1.54) is 0 Å². The fourth-order valence-electron chi connectivity index (χ4n) is 3.51. The van der Waals surface area contributed by atoms with Crippen LogP contribution >= 0.6 is 11.6 Å². The van der Waals surface area contributed by atoms with E-state index in [-0.39, 0.29) is 11.8 Å². The first kappa shape index (κ1) is 15.9. The van der Waals surface area contributed by atoms with E-state index >= 15 is 0 Å². The molecule has 0 aliphatic carbocycles. The minimum Gasteiger partial charge on any atom is -0.324 e. The highest BCUT2D eigenvalue weighted by molar-refractivity contribution is 6.33. The third-order valence-corrected chi connectivity index (χ3v) is 4.95. The number of anilines is 1. The minimum atomic E-state index is 0.0381. The van der Waals surface area contributed by atoms with Crippen molar-refractivity contribution in [3.63, 3.8) is 0 Å². The molecular formula is C20H18ClN3O. The Hall–Kier alpha value is -2.59. The number of nitrogens with zero attached hydrogens (tertiary/aromatic N) is 3. The molecule has 0 saturated carbocycles. The van der Waals surface area contributed by atoms with Gasteiger partial charge in [-0.15, -0.1) is 6.58 Å². The summed E-state index contributed by atoms with van der Waals surface area (Å²) < 4.78 is 2.15. The Morgan fingerprint density at radius 2 is 1.96 bits per heavy atom. The van der Waals surface area contributed by atoms with Crippen LogP contribution in [0.1, 0.15) is 18.2 Å². The van der Waals surface area contributed by atoms with E-state index in [4.69, 9.17) is 16.6 Å². The first-order valence-electron chi connectivity index (χ1n) is 8.30. The fourth-order valence-corrected chi connectivity index (χ4v) is 3.75. The van der Waals surface area contributed by atoms with Crippen molar-refractivity contribution in [1.29, 1.82) is 0 Å². The zero-order chi connectivity index (χ0) is 17.4. The second-order valence-corrected chi connectivity index (χ2v) is 6.62. The SMILES string of the molecule is C=CCn1c(C2CC(=O)N(c3ccccc3Cl)C2)nc2ccccc21. The maximum Gasteiger partial charge on any atom is 0.227 e. The summed E-state index contributed by atoms with van der Waals surface area (Å²) in [6.45, 7) is 5.12. The zero-order valence-corrected chi connectivity index (χ0v) is 14.5. The summed E-state index contributed by atoms with van der Waals surface area (Å²) >= 11 is 6.28. The number of carbonyl (C=O) groups excluding carboxylic acids is 1. The molecule has 1 saturated heterocycles. The number of fused-ring (bicyclic) bond motifs is 1. The number of carbonyl (C=O) groups is 1. The van der Waals surface area contributed by atoms with Gasteiger partial charge in [-0.05, 0) is 24.3 Å². The van der Waals surface area contributed by atoms with Gasteiger partial charge in [0.1, 0.15) is 5.82 Å². The van der Waals surface area contributed by atoms with Gasteiger partial charge in [0.05, 0.1) is 21.7 Å². The maximum atomic E-state index is 12.6. The summed E-state index contributed by atoms with van der Waals surface area (Å²) in [5.41, 5.74) is 2.78. The molecule has 25 heavy (non-hydrogen) atoms. The standard InChI is InChI=1S/C20H18ClN3O/c1-2-11-23-18-10-6-4-8-16(18)22-20(23)14-12-19(25)24(13-14)17-9-5-3-7-15(17)21/h2-10,14H,1,11-13H2. The number of amides is 1. The monoisotopic (exact) mass is 351 g/mol. The van der Waals surface area contributed by atoms with E-state index in [0.717, 1.165) is 22.5 Å². The van der Waals surface area contributed by atoms with Crippen molar-refractivity contribution in [2.45, 2.75) is 18.9 Å². The van der Waals surface area contributed by atoms with Crippen LogP contribution in [-0.4, -0.2) is 22.0 Å². The van der Waals surface area contributed by atoms with Crippen LogP contribution in [-0.2, 0) is 11.3 Å². The fraction of sp³-hybridized carbons (Fsp3) is 0.200. The lowest BCUT2D eigenvalue weighted by Gasteiger charge is -2.18. The van der Waals surface area contributed by atoms with Gasteiger partial charge in [0, 0.05) is 25.4 Å². The van der Waals surface area contributed by atoms with Gasteiger partial charge in [0.2, 0.25) is 5.91 Å². The number of benzene rings is 2. The summed E-state index contributed by atoms with van der Waals surface area (Å²) in [5.74, 6) is 1.05. The van der Waals surface area contributed by atoms with Crippen molar-refractivity contribution in [2.24, 2.45) is 0 Å². The van der Waals surface area contributed by atoms with Crippen LogP contribution in [0, 0.1) is 0 Å². The Bertz CT molecular complexity index is 962. The molecule has 5 heteroatoms. The third-order valence-electron chi connectivity index (χ3n) is 4.63. The molecule has 0 N–H and O–H groups in total.